The Balaban J connectivity index is 1.90. The van der Waals surface area contributed by atoms with E-state index >= 15 is 0 Å². The Labute approximate surface area is 206 Å². The summed E-state index contributed by atoms with van der Waals surface area (Å²) >= 11 is 0. The number of carbonyl (C=O) groups is 3. The van der Waals surface area contributed by atoms with Crippen LogP contribution >= 0.6 is 0 Å². The van der Waals surface area contributed by atoms with Gasteiger partial charge in [0.2, 0.25) is 11.8 Å². The van der Waals surface area contributed by atoms with Crippen LogP contribution in [0.15, 0.2) is 30.3 Å². The van der Waals surface area contributed by atoms with Crippen LogP contribution in [0.25, 0.3) is 0 Å². The van der Waals surface area contributed by atoms with E-state index in [9.17, 15) is 19.5 Å². The van der Waals surface area contributed by atoms with Crippen LogP contribution in [0.5, 0.6) is 0 Å². The minimum absolute atomic E-state index is 0.189. The summed E-state index contributed by atoms with van der Waals surface area (Å²) in [4.78, 5) is 36.6. The van der Waals surface area contributed by atoms with E-state index in [1.165, 1.54) is 0 Å². The number of nitrogens with zero attached hydrogens (tertiary/aromatic N) is 4. The van der Waals surface area contributed by atoms with Gasteiger partial charge in [-0.05, 0) is 54.5 Å². The molecule has 1 heterocycles. The first-order valence-electron chi connectivity index (χ1n) is 12.1. The van der Waals surface area contributed by atoms with Gasteiger partial charge in [0.15, 0.2) is 5.82 Å². The summed E-state index contributed by atoms with van der Waals surface area (Å²) in [6, 6.07) is 8.19. The zero-order valence-corrected chi connectivity index (χ0v) is 21.5. The van der Waals surface area contributed by atoms with E-state index in [-0.39, 0.29) is 24.2 Å². The van der Waals surface area contributed by atoms with Gasteiger partial charge in [-0.2, -0.15) is 0 Å². The van der Waals surface area contributed by atoms with Crippen LogP contribution < -0.4 is 10.6 Å². The number of unbranched alkanes of at least 4 members (excludes halogenated alkanes) is 1. The third-order valence-corrected chi connectivity index (χ3v) is 6.09. The average Bonchev–Trinajstić information content (AvgIpc) is 3.28. The number of amides is 2. The van der Waals surface area contributed by atoms with E-state index in [0.29, 0.717) is 19.3 Å². The van der Waals surface area contributed by atoms with Crippen molar-refractivity contribution in [3.63, 3.8) is 0 Å². The number of aryl methyl sites for hydroxylation is 1. The molecule has 1 aromatic heterocycles. The van der Waals surface area contributed by atoms with Crippen molar-refractivity contribution < 1.29 is 19.5 Å². The van der Waals surface area contributed by atoms with Gasteiger partial charge < -0.3 is 15.7 Å². The summed E-state index contributed by atoms with van der Waals surface area (Å²) in [5.41, 5.74) is 0.674. The maximum absolute atomic E-state index is 12.7. The molecule has 0 unspecified atom stereocenters. The number of aromatic nitrogens is 4. The molecule has 0 aliphatic rings. The second-order valence-electron chi connectivity index (χ2n) is 10.00. The zero-order chi connectivity index (χ0) is 26.2. The fraction of sp³-hybridized carbons (Fsp3) is 0.600. The number of rotatable bonds is 13. The number of carbonyl (C=O) groups excluding carboxylic acids is 2. The van der Waals surface area contributed by atoms with E-state index in [2.05, 4.69) is 40.0 Å². The van der Waals surface area contributed by atoms with Crippen molar-refractivity contribution in [1.29, 1.82) is 0 Å². The van der Waals surface area contributed by atoms with Crippen molar-refractivity contribution in [3.8, 4) is 0 Å². The smallest absolute Gasteiger partial charge is 0.326 e. The summed E-state index contributed by atoms with van der Waals surface area (Å²) in [5, 5.41) is 26.9. The quantitative estimate of drug-likeness (QED) is 0.370. The third kappa shape index (κ3) is 7.60. The second-order valence-corrected chi connectivity index (χ2v) is 10.00. The van der Waals surface area contributed by atoms with Gasteiger partial charge in [-0.3, -0.25) is 9.59 Å². The van der Waals surface area contributed by atoms with Crippen LogP contribution in [0.1, 0.15) is 72.2 Å². The Bertz CT molecular complexity index is 987. The number of hydrogen-bond acceptors (Lipinski definition) is 6. The molecule has 0 saturated heterocycles. The molecule has 2 aromatic rings. The Morgan fingerprint density at radius 1 is 0.971 bits per heavy atom. The van der Waals surface area contributed by atoms with Crippen molar-refractivity contribution in [2.24, 2.45) is 11.8 Å². The maximum atomic E-state index is 12.7. The molecule has 10 heteroatoms. The van der Waals surface area contributed by atoms with Gasteiger partial charge in [0.1, 0.15) is 12.1 Å². The van der Waals surface area contributed by atoms with Crippen LogP contribution in [-0.4, -0.2) is 55.2 Å². The molecule has 0 fully saturated rings. The van der Waals surface area contributed by atoms with Crippen molar-refractivity contribution in [1.82, 2.24) is 30.8 Å². The van der Waals surface area contributed by atoms with Gasteiger partial charge in [0.25, 0.3) is 0 Å². The zero-order valence-electron chi connectivity index (χ0n) is 21.5. The lowest BCUT2D eigenvalue weighted by Gasteiger charge is -2.26. The molecular formula is C25H38N6O4. The lowest BCUT2D eigenvalue weighted by atomic mass is 9.94. The van der Waals surface area contributed by atoms with Crippen LogP contribution in [0.3, 0.4) is 0 Å². The fourth-order valence-electron chi connectivity index (χ4n) is 3.87. The number of benzene rings is 1. The SMILES string of the molecule is CC(C)[C@H](NC(=O)[C@@H](NC(=O)CCCCc1nnnn1C(C)(C)c1ccccc1)C(C)C)C(=O)O. The minimum atomic E-state index is -1.10. The highest BCUT2D eigenvalue weighted by atomic mass is 16.4. The number of carboxylic acid groups (broad SMARTS) is 1. The predicted molar refractivity (Wildman–Crippen MR) is 131 cm³/mol. The Morgan fingerprint density at radius 3 is 2.17 bits per heavy atom. The van der Waals surface area contributed by atoms with E-state index < -0.39 is 29.5 Å². The average molecular weight is 487 g/mol. The largest absolute Gasteiger partial charge is 0.480 e. The van der Waals surface area contributed by atoms with E-state index in [4.69, 9.17) is 0 Å². The summed E-state index contributed by atoms with van der Waals surface area (Å²) in [7, 11) is 0. The fourth-order valence-corrected chi connectivity index (χ4v) is 3.87. The van der Waals surface area contributed by atoms with Crippen LogP contribution in [0.4, 0.5) is 0 Å². The molecule has 2 atom stereocenters. The summed E-state index contributed by atoms with van der Waals surface area (Å²) < 4.78 is 1.81. The van der Waals surface area contributed by atoms with Crippen molar-refractivity contribution in [2.45, 2.75) is 84.8 Å². The highest BCUT2D eigenvalue weighted by molar-refractivity contribution is 5.90. The maximum Gasteiger partial charge on any atom is 0.326 e. The van der Waals surface area contributed by atoms with Gasteiger partial charge in [-0.15, -0.1) is 5.10 Å². The number of nitrogens with one attached hydrogen (secondary N) is 2. The molecule has 192 valence electrons. The van der Waals surface area contributed by atoms with Crippen LogP contribution in [0, 0.1) is 11.8 Å². The van der Waals surface area contributed by atoms with Crippen LogP contribution in [0.2, 0.25) is 0 Å². The molecule has 2 rings (SSSR count). The van der Waals surface area contributed by atoms with Gasteiger partial charge in [0, 0.05) is 12.8 Å². The molecular weight excluding hydrogens is 448 g/mol. The first-order valence-corrected chi connectivity index (χ1v) is 12.1. The van der Waals surface area contributed by atoms with Gasteiger partial charge in [0.05, 0.1) is 5.54 Å². The summed E-state index contributed by atoms with van der Waals surface area (Å²) in [5.74, 6) is -1.56. The Hall–Kier alpha value is -3.30. The van der Waals surface area contributed by atoms with E-state index in [1.54, 1.807) is 13.8 Å². The van der Waals surface area contributed by atoms with Gasteiger partial charge in [-0.1, -0.05) is 58.0 Å². The Kier molecular flexibility index (Phi) is 9.91. The number of aliphatic carboxylic acids is 1. The monoisotopic (exact) mass is 486 g/mol. The predicted octanol–water partition coefficient (Wildman–Crippen LogP) is 2.54. The molecule has 1 aromatic carbocycles. The first kappa shape index (κ1) is 27.9. The van der Waals surface area contributed by atoms with Crippen molar-refractivity contribution in [3.05, 3.63) is 41.7 Å². The molecule has 0 radical (unpaired) electrons. The van der Waals surface area contributed by atoms with Crippen molar-refractivity contribution in [2.75, 3.05) is 0 Å². The van der Waals surface area contributed by atoms with E-state index in [0.717, 1.165) is 11.4 Å². The molecule has 0 bridgehead atoms. The minimum Gasteiger partial charge on any atom is -0.480 e. The Morgan fingerprint density at radius 2 is 1.60 bits per heavy atom. The lowest BCUT2D eigenvalue weighted by molar-refractivity contribution is -0.143. The number of carboxylic acids is 1. The molecule has 2 amide bonds. The molecule has 3 N–H and O–H groups in total. The first-order chi connectivity index (χ1) is 16.4. The molecule has 35 heavy (non-hydrogen) atoms. The molecule has 0 aliphatic carbocycles. The normalized spacial score (nSPS) is 13.5. The summed E-state index contributed by atoms with van der Waals surface area (Å²) in [6.45, 7) is 11.2. The topological polar surface area (TPSA) is 139 Å². The second kappa shape index (κ2) is 12.4. The van der Waals surface area contributed by atoms with Gasteiger partial charge in [-0.25, -0.2) is 9.48 Å². The summed E-state index contributed by atoms with van der Waals surface area (Å²) in [6.07, 6.45) is 2.15. The third-order valence-electron chi connectivity index (χ3n) is 6.09. The standard InChI is InChI=1S/C25H38N6O4/c1-16(2)21(23(33)27-22(17(3)4)24(34)35)26-20(32)15-11-10-14-19-28-29-30-31(19)25(5,6)18-12-8-7-9-13-18/h7-9,12-13,16-17,21-22H,10-11,14-15H2,1-6H3,(H,26,32)(H,27,33)(H,34,35)/t21-,22-/m0/s1. The molecule has 0 aliphatic heterocycles. The highest BCUT2D eigenvalue weighted by Gasteiger charge is 2.30. The molecule has 0 spiro atoms. The van der Waals surface area contributed by atoms with Gasteiger partial charge >= 0.3 is 5.97 Å². The lowest BCUT2D eigenvalue weighted by Crippen LogP contribution is -2.54. The van der Waals surface area contributed by atoms with Crippen LogP contribution in [-0.2, 0) is 26.3 Å². The highest BCUT2D eigenvalue weighted by Crippen LogP contribution is 2.25. The van der Waals surface area contributed by atoms with Crippen molar-refractivity contribution >= 4 is 17.8 Å². The molecule has 10 nitrogen and oxygen atoms in total. The number of hydrogen-bond donors (Lipinski definition) is 3. The number of tetrazole rings is 1. The van der Waals surface area contributed by atoms with E-state index in [1.807, 2.05) is 48.9 Å². The molecule has 0 saturated carbocycles.